The Bertz CT molecular complexity index is 399. The minimum atomic E-state index is -1.41. The molecule has 0 aromatic heterocycles. The van der Waals surface area contributed by atoms with E-state index in [-0.39, 0.29) is 19.4 Å². The number of carbonyl (C=O) groups is 4. The highest BCUT2D eigenvalue weighted by Gasteiger charge is 2.24. The number of rotatable bonds is 10. The summed E-state index contributed by atoms with van der Waals surface area (Å²) in [5.74, 6) is -3.87. The van der Waals surface area contributed by atoms with Crippen LogP contribution in [0.2, 0.25) is 0 Å². The minimum absolute atomic E-state index is 0.103. The van der Waals surface area contributed by atoms with Crippen molar-refractivity contribution in [1.29, 1.82) is 0 Å². The third-order valence-corrected chi connectivity index (χ3v) is 2.55. The predicted octanol–water partition coefficient (Wildman–Crippen LogP) is -1.20. The molecule has 0 unspecified atom stereocenters. The lowest BCUT2D eigenvalue weighted by molar-refractivity contribution is -0.140. The van der Waals surface area contributed by atoms with Crippen LogP contribution >= 0.6 is 0 Å². The third-order valence-electron chi connectivity index (χ3n) is 2.55. The van der Waals surface area contributed by atoms with Crippen LogP contribution in [0.3, 0.4) is 0 Å². The Hall–Kier alpha value is -2.36. The number of hydrogen-bond donors (Lipinski definition) is 6. The molecule has 0 saturated carbocycles. The molecular formula is C11H19N3O7. The van der Waals surface area contributed by atoms with Gasteiger partial charge in [0.15, 0.2) is 0 Å². The van der Waals surface area contributed by atoms with Gasteiger partial charge in [0.1, 0.15) is 12.1 Å². The second-order valence-electron chi connectivity index (χ2n) is 4.26. The maximum Gasteiger partial charge on any atom is 0.326 e. The van der Waals surface area contributed by atoms with E-state index in [1.165, 1.54) is 0 Å². The monoisotopic (exact) mass is 305 g/mol. The number of carboxylic acids is 3. The van der Waals surface area contributed by atoms with Gasteiger partial charge in [-0.25, -0.2) is 14.4 Å². The van der Waals surface area contributed by atoms with Crippen LogP contribution in [0, 0.1) is 0 Å². The maximum absolute atomic E-state index is 11.6. The molecule has 10 heteroatoms. The fourth-order valence-corrected chi connectivity index (χ4v) is 1.46. The fraction of sp³-hybridized carbons (Fsp3) is 0.636. The first-order valence-electron chi connectivity index (χ1n) is 6.22. The molecule has 0 radical (unpaired) electrons. The van der Waals surface area contributed by atoms with Crippen molar-refractivity contribution in [3.63, 3.8) is 0 Å². The van der Waals surface area contributed by atoms with Crippen molar-refractivity contribution in [3.8, 4) is 0 Å². The van der Waals surface area contributed by atoms with E-state index >= 15 is 0 Å². The van der Waals surface area contributed by atoms with E-state index in [2.05, 4.69) is 5.32 Å². The quantitative estimate of drug-likeness (QED) is 0.291. The molecule has 10 nitrogen and oxygen atoms in total. The van der Waals surface area contributed by atoms with Crippen molar-refractivity contribution in [3.05, 3.63) is 0 Å². The number of carbonyl (C=O) groups excluding carboxylic acids is 1. The second kappa shape index (κ2) is 9.53. The van der Waals surface area contributed by atoms with Crippen molar-refractivity contribution >= 4 is 23.9 Å². The Labute approximate surface area is 120 Å². The summed E-state index contributed by atoms with van der Waals surface area (Å²) in [6.07, 6.45) is -0.268. The van der Waals surface area contributed by atoms with Crippen LogP contribution in [0.1, 0.15) is 25.7 Å². The first-order valence-corrected chi connectivity index (χ1v) is 6.22. The van der Waals surface area contributed by atoms with Crippen molar-refractivity contribution in [2.75, 3.05) is 6.54 Å². The molecule has 21 heavy (non-hydrogen) atoms. The molecule has 0 aromatic carbocycles. The molecule has 0 saturated heterocycles. The summed E-state index contributed by atoms with van der Waals surface area (Å²) in [4.78, 5) is 43.7. The van der Waals surface area contributed by atoms with E-state index in [1.807, 2.05) is 5.32 Å². The minimum Gasteiger partial charge on any atom is -0.481 e. The van der Waals surface area contributed by atoms with E-state index < -0.39 is 42.4 Å². The van der Waals surface area contributed by atoms with Gasteiger partial charge in [-0.2, -0.15) is 0 Å². The van der Waals surface area contributed by atoms with E-state index in [9.17, 15) is 19.2 Å². The number of hydrogen-bond acceptors (Lipinski definition) is 5. The average molecular weight is 305 g/mol. The molecule has 120 valence electrons. The average Bonchev–Trinajstić information content (AvgIpc) is 2.38. The maximum atomic E-state index is 11.6. The molecule has 0 fully saturated rings. The summed E-state index contributed by atoms with van der Waals surface area (Å²) < 4.78 is 0. The van der Waals surface area contributed by atoms with Gasteiger partial charge in [-0.3, -0.25) is 4.79 Å². The first kappa shape index (κ1) is 18.6. The van der Waals surface area contributed by atoms with Crippen LogP contribution in [0.15, 0.2) is 0 Å². The van der Waals surface area contributed by atoms with Gasteiger partial charge in [0.25, 0.3) is 0 Å². The SMILES string of the molecule is NCCC[C@H](NC(=O)N[C@@H](CCC(=O)O)C(=O)O)C(=O)O. The summed E-state index contributed by atoms with van der Waals surface area (Å²) in [6.45, 7) is 0.253. The van der Waals surface area contributed by atoms with Crippen LogP contribution in [0.5, 0.6) is 0 Å². The van der Waals surface area contributed by atoms with Crippen LogP contribution < -0.4 is 16.4 Å². The molecule has 0 aromatic rings. The molecule has 2 atom stereocenters. The molecule has 0 heterocycles. The molecule has 0 aliphatic heterocycles. The molecular weight excluding hydrogens is 286 g/mol. The van der Waals surface area contributed by atoms with Crippen LogP contribution in [0.25, 0.3) is 0 Å². The Balaban J connectivity index is 4.49. The fourth-order valence-electron chi connectivity index (χ4n) is 1.46. The van der Waals surface area contributed by atoms with Gasteiger partial charge in [-0.15, -0.1) is 0 Å². The molecule has 0 rings (SSSR count). The van der Waals surface area contributed by atoms with E-state index in [4.69, 9.17) is 21.1 Å². The molecule has 0 aliphatic rings. The molecule has 0 aliphatic carbocycles. The van der Waals surface area contributed by atoms with E-state index in [1.54, 1.807) is 0 Å². The van der Waals surface area contributed by atoms with E-state index in [0.29, 0.717) is 6.42 Å². The van der Waals surface area contributed by atoms with Gasteiger partial charge >= 0.3 is 23.9 Å². The first-order chi connectivity index (χ1) is 9.77. The zero-order valence-corrected chi connectivity index (χ0v) is 11.2. The highest BCUT2D eigenvalue weighted by Crippen LogP contribution is 2.00. The Morgan fingerprint density at radius 3 is 1.76 bits per heavy atom. The van der Waals surface area contributed by atoms with Gasteiger partial charge in [-0.05, 0) is 25.8 Å². The molecule has 7 N–H and O–H groups in total. The summed E-state index contributed by atoms with van der Waals surface area (Å²) in [7, 11) is 0. The Kier molecular flexibility index (Phi) is 8.46. The highest BCUT2D eigenvalue weighted by atomic mass is 16.4. The largest absolute Gasteiger partial charge is 0.481 e. The topological polar surface area (TPSA) is 179 Å². The zero-order chi connectivity index (χ0) is 16.4. The van der Waals surface area contributed by atoms with Gasteiger partial charge in [0, 0.05) is 6.42 Å². The van der Waals surface area contributed by atoms with Crippen molar-refractivity contribution in [1.82, 2.24) is 10.6 Å². The zero-order valence-electron chi connectivity index (χ0n) is 11.2. The predicted molar refractivity (Wildman–Crippen MR) is 69.7 cm³/mol. The van der Waals surface area contributed by atoms with Crippen molar-refractivity contribution < 1.29 is 34.5 Å². The van der Waals surface area contributed by atoms with Gasteiger partial charge < -0.3 is 31.7 Å². The van der Waals surface area contributed by atoms with Gasteiger partial charge in [-0.1, -0.05) is 0 Å². The number of nitrogens with two attached hydrogens (primary N) is 1. The van der Waals surface area contributed by atoms with Crippen LogP contribution in [-0.4, -0.2) is 57.9 Å². The van der Waals surface area contributed by atoms with Crippen LogP contribution in [-0.2, 0) is 14.4 Å². The normalized spacial score (nSPS) is 13.0. The van der Waals surface area contributed by atoms with Gasteiger partial charge in [0.05, 0.1) is 0 Å². The van der Waals surface area contributed by atoms with Crippen LogP contribution in [0.4, 0.5) is 4.79 Å². The molecule has 0 bridgehead atoms. The summed E-state index contributed by atoms with van der Waals surface area (Å²) in [5, 5.41) is 30.4. The Morgan fingerprint density at radius 2 is 1.38 bits per heavy atom. The van der Waals surface area contributed by atoms with Crippen molar-refractivity contribution in [2.45, 2.75) is 37.8 Å². The summed E-state index contributed by atoms with van der Waals surface area (Å²) >= 11 is 0. The van der Waals surface area contributed by atoms with Crippen molar-refractivity contribution in [2.24, 2.45) is 5.73 Å². The smallest absolute Gasteiger partial charge is 0.326 e. The number of carboxylic acid groups (broad SMARTS) is 3. The summed E-state index contributed by atoms with van der Waals surface area (Å²) in [5.41, 5.74) is 5.24. The lowest BCUT2D eigenvalue weighted by Gasteiger charge is -2.18. The molecule has 2 amide bonds. The standard InChI is InChI=1S/C11H19N3O7/c12-5-1-2-6(9(17)18)13-11(21)14-7(10(19)20)3-4-8(15)16/h6-7H,1-5,12H2,(H,15,16)(H,17,18)(H,19,20)(H2,13,14,21)/t6-,7-/m0/s1. The number of nitrogens with one attached hydrogen (secondary N) is 2. The number of urea groups is 1. The second-order valence-corrected chi connectivity index (χ2v) is 4.26. The third kappa shape index (κ3) is 8.42. The highest BCUT2D eigenvalue weighted by molar-refractivity contribution is 5.86. The number of aliphatic carboxylic acids is 3. The lowest BCUT2D eigenvalue weighted by Crippen LogP contribution is -2.51. The molecule has 0 spiro atoms. The van der Waals surface area contributed by atoms with Gasteiger partial charge in [0.2, 0.25) is 0 Å². The lowest BCUT2D eigenvalue weighted by atomic mass is 10.1. The number of amides is 2. The summed E-state index contributed by atoms with van der Waals surface area (Å²) in [6, 6.07) is -3.59. The Morgan fingerprint density at radius 1 is 0.905 bits per heavy atom. The van der Waals surface area contributed by atoms with E-state index in [0.717, 1.165) is 0 Å².